The molecule has 0 aromatic heterocycles. The zero-order valence-corrected chi connectivity index (χ0v) is 11.4. The molecule has 0 saturated heterocycles. The van der Waals surface area contributed by atoms with Crippen molar-refractivity contribution in [1.82, 2.24) is 4.90 Å². The second kappa shape index (κ2) is 6.97. The van der Waals surface area contributed by atoms with Crippen LogP contribution in [0.15, 0.2) is 0 Å². The quantitative estimate of drug-likeness (QED) is 0.691. The van der Waals surface area contributed by atoms with E-state index in [0.29, 0.717) is 24.7 Å². The molecule has 2 atom stereocenters. The molecule has 0 aliphatic heterocycles. The first-order valence-electron chi connectivity index (χ1n) is 6.43. The molecule has 1 aliphatic rings. The summed E-state index contributed by atoms with van der Waals surface area (Å²) in [5.74, 6) is -0.154. The van der Waals surface area contributed by atoms with Crippen LogP contribution in [0.4, 0.5) is 0 Å². The number of carbonyl (C=O) groups excluding carboxylic acids is 1. The highest BCUT2D eigenvalue weighted by molar-refractivity contribution is 5.71. The Hall–Kier alpha value is -0.610. The summed E-state index contributed by atoms with van der Waals surface area (Å²) in [6.07, 6.45) is 4.82. The topological polar surface area (TPSA) is 38.8 Å². The normalized spacial score (nSPS) is 25.3. The molecule has 0 radical (unpaired) electrons. The van der Waals surface area contributed by atoms with Gasteiger partial charge in [0.1, 0.15) is 0 Å². The summed E-state index contributed by atoms with van der Waals surface area (Å²) in [5, 5.41) is 0. The number of methoxy groups -OCH3 is 2. The minimum atomic E-state index is -0.154. The van der Waals surface area contributed by atoms with E-state index in [1.54, 1.807) is 7.11 Å². The van der Waals surface area contributed by atoms with Crippen LogP contribution in [0.5, 0.6) is 0 Å². The van der Waals surface area contributed by atoms with E-state index in [4.69, 9.17) is 9.47 Å². The molecule has 0 heterocycles. The van der Waals surface area contributed by atoms with Gasteiger partial charge in [0, 0.05) is 19.2 Å². The second-order valence-corrected chi connectivity index (χ2v) is 5.02. The molecule has 0 aromatic rings. The van der Waals surface area contributed by atoms with Gasteiger partial charge in [-0.1, -0.05) is 0 Å². The van der Waals surface area contributed by atoms with Gasteiger partial charge in [0.25, 0.3) is 0 Å². The molecule has 0 aromatic carbocycles. The van der Waals surface area contributed by atoms with Gasteiger partial charge in [0.2, 0.25) is 0 Å². The van der Waals surface area contributed by atoms with E-state index < -0.39 is 0 Å². The fraction of sp³-hybridized carbons (Fsp3) is 0.923. The van der Waals surface area contributed by atoms with Crippen molar-refractivity contribution in [3.63, 3.8) is 0 Å². The van der Waals surface area contributed by atoms with Gasteiger partial charge >= 0.3 is 5.97 Å². The monoisotopic (exact) mass is 243 g/mol. The van der Waals surface area contributed by atoms with Gasteiger partial charge in [-0.25, -0.2) is 0 Å². The highest BCUT2D eigenvalue weighted by Crippen LogP contribution is 2.26. The summed E-state index contributed by atoms with van der Waals surface area (Å²) in [4.78, 5) is 13.7. The fourth-order valence-corrected chi connectivity index (χ4v) is 2.58. The number of hydrogen-bond acceptors (Lipinski definition) is 4. The summed E-state index contributed by atoms with van der Waals surface area (Å²) < 4.78 is 10.2. The Morgan fingerprint density at radius 1 is 1.35 bits per heavy atom. The fourth-order valence-electron chi connectivity index (χ4n) is 2.58. The van der Waals surface area contributed by atoms with Crippen LogP contribution in [0.2, 0.25) is 0 Å². The van der Waals surface area contributed by atoms with E-state index in [1.807, 2.05) is 0 Å². The summed E-state index contributed by atoms with van der Waals surface area (Å²) in [6.45, 7) is 4.63. The highest BCUT2D eigenvalue weighted by atomic mass is 16.5. The molecule has 100 valence electrons. The smallest absolute Gasteiger partial charge is 0.319 e. The van der Waals surface area contributed by atoms with Crippen molar-refractivity contribution < 1.29 is 14.3 Å². The maximum atomic E-state index is 11.4. The third-order valence-electron chi connectivity index (χ3n) is 3.60. The number of rotatable bonds is 5. The Labute approximate surface area is 104 Å². The van der Waals surface area contributed by atoms with E-state index >= 15 is 0 Å². The second-order valence-electron chi connectivity index (χ2n) is 5.02. The average molecular weight is 243 g/mol. The number of ether oxygens (including phenoxy) is 2. The Morgan fingerprint density at radius 3 is 2.59 bits per heavy atom. The maximum Gasteiger partial charge on any atom is 0.319 e. The van der Waals surface area contributed by atoms with Crippen LogP contribution in [0.25, 0.3) is 0 Å². The largest absolute Gasteiger partial charge is 0.468 e. The molecule has 1 saturated carbocycles. The first kappa shape index (κ1) is 14.5. The van der Waals surface area contributed by atoms with Crippen LogP contribution in [0, 0.1) is 0 Å². The minimum absolute atomic E-state index is 0.154. The molecule has 4 heteroatoms. The predicted octanol–water partition coefficient (Wildman–Crippen LogP) is 1.83. The molecular weight excluding hydrogens is 218 g/mol. The van der Waals surface area contributed by atoms with E-state index in [0.717, 1.165) is 19.3 Å². The number of carbonyl (C=O) groups is 1. The molecule has 2 unspecified atom stereocenters. The summed E-state index contributed by atoms with van der Waals surface area (Å²) in [6, 6.07) is 0.794. The van der Waals surface area contributed by atoms with Crippen molar-refractivity contribution >= 4 is 5.97 Å². The SMILES string of the molecule is COC(=O)CN(C(C)C)C1CCCC(OC)C1. The zero-order valence-electron chi connectivity index (χ0n) is 11.4. The molecule has 1 fully saturated rings. The Kier molecular flexibility index (Phi) is 5.92. The Bertz CT molecular complexity index is 243. The minimum Gasteiger partial charge on any atom is -0.468 e. The lowest BCUT2D eigenvalue weighted by Gasteiger charge is -2.38. The molecule has 1 rings (SSSR count). The first-order chi connectivity index (χ1) is 8.08. The third-order valence-corrected chi connectivity index (χ3v) is 3.60. The standard InChI is InChI=1S/C13H25NO3/c1-10(2)14(9-13(15)17-4)11-6-5-7-12(8-11)16-3/h10-12H,5-9H2,1-4H3. The Morgan fingerprint density at radius 2 is 2.06 bits per heavy atom. The maximum absolute atomic E-state index is 11.4. The van der Waals surface area contributed by atoms with Crippen molar-refractivity contribution in [2.24, 2.45) is 0 Å². The van der Waals surface area contributed by atoms with Crippen molar-refractivity contribution in [2.45, 2.75) is 57.7 Å². The first-order valence-corrected chi connectivity index (χ1v) is 6.43. The average Bonchev–Trinajstić information content (AvgIpc) is 2.35. The molecule has 4 nitrogen and oxygen atoms in total. The van der Waals surface area contributed by atoms with Crippen molar-refractivity contribution in [3.05, 3.63) is 0 Å². The van der Waals surface area contributed by atoms with E-state index in [1.165, 1.54) is 13.5 Å². The van der Waals surface area contributed by atoms with E-state index in [-0.39, 0.29) is 5.97 Å². The van der Waals surface area contributed by atoms with Gasteiger partial charge in [-0.15, -0.1) is 0 Å². The van der Waals surface area contributed by atoms with Gasteiger partial charge in [0.05, 0.1) is 19.8 Å². The van der Waals surface area contributed by atoms with Crippen molar-refractivity contribution in [2.75, 3.05) is 20.8 Å². The van der Waals surface area contributed by atoms with E-state index in [2.05, 4.69) is 18.7 Å². The van der Waals surface area contributed by atoms with Crippen LogP contribution >= 0.6 is 0 Å². The molecular formula is C13H25NO3. The molecule has 0 N–H and O–H groups in total. The lowest BCUT2D eigenvalue weighted by Crippen LogP contribution is -2.47. The van der Waals surface area contributed by atoms with Gasteiger partial charge < -0.3 is 9.47 Å². The van der Waals surface area contributed by atoms with Gasteiger partial charge in [-0.05, 0) is 39.5 Å². The van der Waals surface area contributed by atoms with Crippen molar-refractivity contribution in [3.8, 4) is 0 Å². The lowest BCUT2D eigenvalue weighted by molar-refractivity contribution is -0.143. The summed E-state index contributed by atoms with van der Waals surface area (Å²) >= 11 is 0. The molecule has 0 amide bonds. The molecule has 0 bridgehead atoms. The number of esters is 1. The van der Waals surface area contributed by atoms with Gasteiger partial charge in [0.15, 0.2) is 0 Å². The number of hydrogen-bond donors (Lipinski definition) is 0. The molecule has 1 aliphatic carbocycles. The lowest BCUT2D eigenvalue weighted by atomic mass is 9.91. The summed E-state index contributed by atoms with van der Waals surface area (Å²) in [7, 11) is 3.22. The molecule has 17 heavy (non-hydrogen) atoms. The predicted molar refractivity (Wildman–Crippen MR) is 66.9 cm³/mol. The zero-order chi connectivity index (χ0) is 12.8. The highest BCUT2D eigenvalue weighted by Gasteiger charge is 2.29. The van der Waals surface area contributed by atoms with Gasteiger partial charge in [-0.2, -0.15) is 0 Å². The summed E-state index contributed by atoms with van der Waals surface area (Å²) in [5.41, 5.74) is 0. The van der Waals surface area contributed by atoms with Crippen molar-refractivity contribution in [1.29, 1.82) is 0 Å². The van der Waals surface area contributed by atoms with Crippen LogP contribution in [0.3, 0.4) is 0 Å². The van der Waals surface area contributed by atoms with Gasteiger partial charge in [-0.3, -0.25) is 9.69 Å². The van der Waals surface area contributed by atoms with E-state index in [9.17, 15) is 4.79 Å². The van der Waals surface area contributed by atoms with Crippen LogP contribution in [0.1, 0.15) is 39.5 Å². The number of nitrogens with zero attached hydrogens (tertiary/aromatic N) is 1. The Balaban J connectivity index is 2.59. The van der Waals surface area contributed by atoms with Crippen LogP contribution in [-0.4, -0.2) is 49.8 Å². The van der Waals surface area contributed by atoms with Crippen LogP contribution in [-0.2, 0) is 14.3 Å². The third kappa shape index (κ3) is 4.28. The van der Waals surface area contributed by atoms with Crippen LogP contribution < -0.4 is 0 Å². The molecule has 0 spiro atoms.